The number of nitrogens with zero attached hydrogens (tertiary/aromatic N) is 3. The lowest BCUT2D eigenvalue weighted by molar-refractivity contribution is 0.181. The van der Waals surface area contributed by atoms with E-state index in [0.717, 1.165) is 5.56 Å². The van der Waals surface area contributed by atoms with Crippen LogP contribution in [0.5, 0.6) is 5.75 Å². The van der Waals surface area contributed by atoms with E-state index in [0.29, 0.717) is 44.0 Å². The largest absolute Gasteiger partial charge is 0.497 e. The number of methoxy groups -OCH3 is 1. The maximum Gasteiger partial charge on any atom is 0.243 e. The Balaban J connectivity index is 1.62. The van der Waals surface area contributed by atoms with E-state index < -0.39 is 10.0 Å². The van der Waals surface area contributed by atoms with Crippen LogP contribution in [0, 0.1) is 11.3 Å². The predicted molar refractivity (Wildman–Crippen MR) is 98.2 cm³/mol. The molecule has 1 heterocycles. The molecule has 0 spiro atoms. The number of benzene rings is 2. The smallest absolute Gasteiger partial charge is 0.243 e. The minimum Gasteiger partial charge on any atom is -0.497 e. The lowest BCUT2D eigenvalue weighted by Gasteiger charge is -2.34. The highest BCUT2D eigenvalue weighted by Crippen LogP contribution is 2.21. The Morgan fingerprint density at radius 1 is 1.08 bits per heavy atom. The Morgan fingerprint density at radius 2 is 1.77 bits per heavy atom. The van der Waals surface area contributed by atoms with Crippen LogP contribution in [0.2, 0.25) is 0 Å². The average molecular weight is 371 g/mol. The van der Waals surface area contributed by atoms with Crippen LogP contribution in [-0.4, -0.2) is 50.9 Å². The molecule has 0 saturated carbocycles. The quantitative estimate of drug-likeness (QED) is 0.804. The fourth-order valence-electron chi connectivity index (χ4n) is 3.02. The highest BCUT2D eigenvalue weighted by Gasteiger charge is 2.28. The number of rotatable bonds is 5. The monoisotopic (exact) mass is 371 g/mol. The molecule has 1 aliphatic rings. The highest BCUT2D eigenvalue weighted by atomic mass is 32.2. The van der Waals surface area contributed by atoms with E-state index >= 15 is 0 Å². The summed E-state index contributed by atoms with van der Waals surface area (Å²) < 4.78 is 32.1. The Kier molecular flexibility index (Phi) is 5.57. The molecule has 3 rings (SSSR count). The molecule has 136 valence electrons. The van der Waals surface area contributed by atoms with Gasteiger partial charge in [-0.2, -0.15) is 9.57 Å². The fourth-order valence-corrected chi connectivity index (χ4v) is 4.44. The molecule has 2 aromatic carbocycles. The van der Waals surface area contributed by atoms with Gasteiger partial charge in [-0.05, 0) is 42.0 Å². The van der Waals surface area contributed by atoms with Gasteiger partial charge in [-0.15, -0.1) is 0 Å². The second-order valence-corrected chi connectivity index (χ2v) is 8.11. The van der Waals surface area contributed by atoms with Crippen LogP contribution in [-0.2, 0) is 16.6 Å². The van der Waals surface area contributed by atoms with Crippen molar-refractivity contribution in [2.45, 2.75) is 11.4 Å². The molecule has 0 unspecified atom stereocenters. The van der Waals surface area contributed by atoms with Crippen LogP contribution < -0.4 is 4.74 Å². The summed E-state index contributed by atoms with van der Waals surface area (Å²) in [6.45, 7) is 2.93. The number of nitriles is 1. The normalized spacial score (nSPS) is 16.2. The first-order valence-corrected chi connectivity index (χ1v) is 9.82. The predicted octanol–water partition coefficient (Wildman–Crippen LogP) is 2.07. The first-order valence-electron chi connectivity index (χ1n) is 8.38. The van der Waals surface area contributed by atoms with Crippen LogP contribution in [0.25, 0.3) is 0 Å². The first kappa shape index (κ1) is 18.4. The summed E-state index contributed by atoms with van der Waals surface area (Å²) in [4.78, 5) is 2.49. The van der Waals surface area contributed by atoms with Gasteiger partial charge in [0.2, 0.25) is 10.0 Å². The molecule has 2 aromatic rings. The number of ether oxygens (including phenoxy) is 1. The summed E-state index contributed by atoms with van der Waals surface area (Å²) in [7, 11) is -1.94. The van der Waals surface area contributed by atoms with Crippen molar-refractivity contribution in [2.24, 2.45) is 0 Å². The second-order valence-electron chi connectivity index (χ2n) is 6.17. The van der Waals surface area contributed by atoms with Gasteiger partial charge < -0.3 is 4.74 Å². The van der Waals surface area contributed by atoms with Gasteiger partial charge in [0.25, 0.3) is 0 Å². The molecule has 6 nitrogen and oxygen atoms in total. The molecule has 0 aromatic heterocycles. The van der Waals surface area contributed by atoms with Crippen LogP contribution in [0.15, 0.2) is 53.4 Å². The van der Waals surface area contributed by atoms with E-state index in [1.807, 2.05) is 18.2 Å². The second kappa shape index (κ2) is 7.87. The molecule has 0 bridgehead atoms. The van der Waals surface area contributed by atoms with Gasteiger partial charge in [0.1, 0.15) is 5.75 Å². The SMILES string of the molecule is COc1ccc(S(=O)(=O)N2CCN(Cc3cccc(C#N)c3)CC2)cc1. The lowest BCUT2D eigenvalue weighted by Crippen LogP contribution is -2.48. The summed E-state index contributed by atoms with van der Waals surface area (Å²) in [6, 6.07) is 16.1. The standard InChI is InChI=1S/C19H21N3O3S/c1-25-18-5-7-19(8-6-18)26(23,24)22-11-9-21(10-12-22)15-17-4-2-3-16(13-17)14-20/h2-8,13H,9-12,15H2,1H3. The van der Waals surface area contributed by atoms with E-state index in [1.165, 1.54) is 4.31 Å². The van der Waals surface area contributed by atoms with Crippen LogP contribution in [0.4, 0.5) is 0 Å². The third kappa shape index (κ3) is 4.05. The number of hydrogen-bond donors (Lipinski definition) is 0. The van der Waals surface area contributed by atoms with Gasteiger partial charge in [-0.1, -0.05) is 12.1 Å². The van der Waals surface area contributed by atoms with Gasteiger partial charge in [0, 0.05) is 32.7 Å². The molecule has 0 atom stereocenters. The van der Waals surface area contributed by atoms with Crippen molar-refractivity contribution in [3.8, 4) is 11.8 Å². The van der Waals surface area contributed by atoms with Gasteiger partial charge in [-0.25, -0.2) is 8.42 Å². The minimum absolute atomic E-state index is 0.286. The molecule has 0 aliphatic carbocycles. The molecule has 0 N–H and O–H groups in total. The highest BCUT2D eigenvalue weighted by molar-refractivity contribution is 7.89. The Labute approximate surface area is 154 Å². The summed E-state index contributed by atoms with van der Waals surface area (Å²) in [6.07, 6.45) is 0. The molecular weight excluding hydrogens is 350 g/mol. The van der Waals surface area contributed by atoms with Gasteiger partial charge >= 0.3 is 0 Å². The lowest BCUT2D eigenvalue weighted by atomic mass is 10.1. The third-order valence-corrected chi connectivity index (χ3v) is 6.40. The first-order chi connectivity index (χ1) is 12.5. The zero-order chi connectivity index (χ0) is 18.6. The van der Waals surface area contributed by atoms with Gasteiger partial charge in [0.05, 0.1) is 23.6 Å². The summed E-state index contributed by atoms with van der Waals surface area (Å²) in [5.74, 6) is 0.633. The summed E-state index contributed by atoms with van der Waals surface area (Å²) >= 11 is 0. The molecule has 1 fully saturated rings. The maximum atomic E-state index is 12.8. The van der Waals surface area contributed by atoms with E-state index in [-0.39, 0.29) is 4.90 Å². The van der Waals surface area contributed by atoms with E-state index in [1.54, 1.807) is 37.4 Å². The van der Waals surface area contributed by atoms with Crippen molar-refractivity contribution in [3.63, 3.8) is 0 Å². The Hall–Kier alpha value is -2.40. The number of sulfonamides is 1. The van der Waals surface area contributed by atoms with Crippen LogP contribution in [0.3, 0.4) is 0 Å². The van der Waals surface area contributed by atoms with Gasteiger partial charge in [-0.3, -0.25) is 4.90 Å². The van der Waals surface area contributed by atoms with Crippen molar-refractivity contribution < 1.29 is 13.2 Å². The van der Waals surface area contributed by atoms with E-state index in [4.69, 9.17) is 10.00 Å². The van der Waals surface area contributed by atoms with Crippen molar-refractivity contribution in [2.75, 3.05) is 33.3 Å². The molecule has 0 radical (unpaired) electrons. The topological polar surface area (TPSA) is 73.6 Å². The zero-order valence-corrected chi connectivity index (χ0v) is 15.4. The third-order valence-electron chi connectivity index (χ3n) is 4.49. The molecule has 7 heteroatoms. The van der Waals surface area contributed by atoms with Crippen molar-refractivity contribution in [1.82, 2.24) is 9.21 Å². The maximum absolute atomic E-state index is 12.8. The van der Waals surface area contributed by atoms with Crippen LogP contribution >= 0.6 is 0 Å². The summed E-state index contributed by atoms with van der Waals surface area (Å²) in [5.41, 5.74) is 1.71. The van der Waals surface area contributed by atoms with E-state index in [9.17, 15) is 8.42 Å². The van der Waals surface area contributed by atoms with E-state index in [2.05, 4.69) is 11.0 Å². The molecule has 1 aliphatic heterocycles. The number of piperazine rings is 1. The minimum atomic E-state index is -3.49. The van der Waals surface area contributed by atoms with Crippen molar-refractivity contribution >= 4 is 10.0 Å². The van der Waals surface area contributed by atoms with Crippen LogP contribution in [0.1, 0.15) is 11.1 Å². The molecule has 0 amide bonds. The Bertz CT molecular complexity index is 896. The van der Waals surface area contributed by atoms with Gasteiger partial charge in [0.15, 0.2) is 0 Å². The molecule has 1 saturated heterocycles. The number of hydrogen-bond acceptors (Lipinski definition) is 5. The molecular formula is C19H21N3O3S. The van der Waals surface area contributed by atoms with Crippen molar-refractivity contribution in [3.05, 3.63) is 59.7 Å². The van der Waals surface area contributed by atoms with Crippen molar-refractivity contribution in [1.29, 1.82) is 5.26 Å². The summed E-state index contributed by atoms with van der Waals surface area (Å²) in [5, 5.41) is 8.99. The fraction of sp³-hybridized carbons (Fsp3) is 0.316. The average Bonchev–Trinajstić information content (AvgIpc) is 2.68. The zero-order valence-electron chi connectivity index (χ0n) is 14.6. The Morgan fingerprint density at radius 3 is 2.38 bits per heavy atom. The molecule has 26 heavy (non-hydrogen) atoms.